The van der Waals surface area contributed by atoms with Crippen LogP contribution in [0.25, 0.3) is 0 Å². The van der Waals surface area contributed by atoms with Crippen molar-refractivity contribution in [1.82, 2.24) is 10.2 Å². The summed E-state index contributed by atoms with van der Waals surface area (Å²) in [4.78, 5) is 11.6. The highest BCUT2D eigenvalue weighted by atomic mass is 32.2. The van der Waals surface area contributed by atoms with Crippen LogP contribution in [0, 0.1) is 0 Å². The zero-order chi connectivity index (χ0) is 20.0. The molecule has 9 heteroatoms. The number of nitrogens with one attached hydrogen (secondary N) is 2. The van der Waals surface area contributed by atoms with E-state index in [1.165, 1.54) is 0 Å². The Hall–Kier alpha value is -3.33. The molecule has 2 aromatic carbocycles. The molecule has 0 unspecified atom stereocenters. The van der Waals surface area contributed by atoms with Crippen molar-refractivity contribution in [3.63, 3.8) is 0 Å². The van der Waals surface area contributed by atoms with E-state index in [1.807, 2.05) is 30.3 Å². The number of rotatable bonds is 8. The molecule has 0 saturated carbocycles. The van der Waals surface area contributed by atoms with Gasteiger partial charge in [-0.2, -0.15) is 13.5 Å². The van der Waals surface area contributed by atoms with Crippen molar-refractivity contribution in [2.75, 3.05) is 11.3 Å². The number of aromatic nitrogens is 2. The fourth-order valence-corrected chi connectivity index (χ4v) is 3.31. The largest absolute Gasteiger partial charge is 0.489 e. The van der Waals surface area contributed by atoms with Crippen LogP contribution in [0.2, 0.25) is 0 Å². The van der Waals surface area contributed by atoms with E-state index in [4.69, 9.17) is 9.47 Å². The van der Waals surface area contributed by atoms with Gasteiger partial charge >= 0.3 is 5.97 Å². The molecule has 0 bridgehead atoms. The molecular weight excluding hydrogens is 382 g/mol. The average Bonchev–Trinajstić information content (AvgIpc) is 3.20. The zero-order valence-electron chi connectivity index (χ0n) is 15.1. The average molecular weight is 401 g/mol. The summed E-state index contributed by atoms with van der Waals surface area (Å²) < 4.78 is 37.7. The second-order valence-electron chi connectivity index (χ2n) is 5.74. The summed E-state index contributed by atoms with van der Waals surface area (Å²) in [5.41, 5.74) is 1.27. The number of hydrogen-bond donors (Lipinski definition) is 2. The van der Waals surface area contributed by atoms with Gasteiger partial charge in [0.2, 0.25) is 0 Å². The molecule has 8 nitrogen and oxygen atoms in total. The Morgan fingerprint density at radius 3 is 2.50 bits per heavy atom. The molecule has 3 aromatic rings. The number of hydrogen-bond acceptors (Lipinski definition) is 6. The summed E-state index contributed by atoms with van der Waals surface area (Å²) in [5, 5.41) is 5.76. The Morgan fingerprint density at radius 1 is 1.11 bits per heavy atom. The molecule has 2 N–H and O–H groups in total. The van der Waals surface area contributed by atoms with E-state index < -0.39 is 16.0 Å². The minimum Gasteiger partial charge on any atom is -0.489 e. The molecule has 3 rings (SSSR count). The van der Waals surface area contributed by atoms with E-state index >= 15 is 0 Å². The topological polar surface area (TPSA) is 110 Å². The highest BCUT2D eigenvalue weighted by Crippen LogP contribution is 2.20. The summed E-state index contributed by atoms with van der Waals surface area (Å²) in [6.07, 6.45) is 0. The van der Waals surface area contributed by atoms with E-state index in [-0.39, 0.29) is 17.3 Å². The Balaban J connectivity index is 1.63. The van der Waals surface area contributed by atoms with Gasteiger partial charge < -0.3 is 9.47 Å². The van der Waals surface area contributed by atoms with Gasteiger partial charge in [0, 0.05) is 11.8 Å². The number of aromatic amines is 1. The molecule has 0 aliphatic rings. The number of esters is 1. The van der Waals surface area contributed by atoms with Crippen molar-refractivity contribution in [3.05, 3.63) is 71.9 Å². The standard InChI is InChI=1S/C19H19N3O5S/c1-2-26-19(23)17-12-18(21-20-17)28(24,25)22-15-8-10-16(11-9-15)27-13-14-6-4-3-5-7-14/h3-12,22H,2,13H2,1H3,(H,20,21). The van der Waals surface area contributed by atoms with Crippen molar-refractivity contribution >= 4 is 21.7 Å². The first-order chi connectivity index (χ1) is 13.5. The molecule has 0 spiro atoms. The van der Waals surface area contributed by atoms with Gasteiger partial charge in [-0.1, -0.05) is 30.3 Å². The number of H-pyrrole nitrogens is 1. The summed E-state index contributed by atoms with van der Waals surface area (Å²) in [5.74, 6) is -0.0851. The van der Waals surface area contributed by atoms with Crippen LogP contribution in [0.3, 0.4) is 0 Å². The predicted molar refractivity (Wildman–Crippen MR) is 103 cm³/mol. The molecule has 146 valence electrons. The first-order valence-electron chi connectivity index (χ1n) is 8.50. The fourth-order valence-electron chi connectivity index (χ4n) is 2.32. The first-order valence-corrected chi connectivity index (χ1v) is 9.98. The zero-order valence-corrected chi connectivity index (χ0v) is 15.9. The highest BCUT2D eigenvalue weighted by molar-refractivity contribution is 7.92. The van der Waals surface area contributed by atoms with E-state index in [0.717, 1.165) is 11.6 Å². The van der Waals surface area contributed by atoms with E-state index in [0.29, 0.717) is 18.0 Å². The Labute approximate surface area is 162 Å². The van der Waals surface area contributed by atoms with Crippen LogP contribution in [0.1, 0.15) is 23.0 Å². The second kappa shape index (κ2) is 8.57. The van der Waals surface area contributed by atoms with Crippen LogP contribution in [-0.2, 0) is 21.4 Å². The number of nitrogens with zero attached hydrogens (tertiary/aromatic N) is 1. The highest BCUT2D eigenvalue weighted by Gasteiger charge is 2.20. The Morgan fingerprint density at radius 2 is 1.82 bits per heavy atom. The van der Waals surface area contributed by atoms with Crippen molar-refractivity contribution < 1.29 is 22.7 Å². The van der Waals surface area contributed by atoms with E-state index in [2.05, 4.69) is 14.9 Å². The molecule has 0 amide bonds. The molecule has 1 heterocycles. The molecule has 0 saturated heterocycles. The smallest absolute Gasteiger partial charge is 0.358 e. The maximum atomic E-state index is 12.4. The number of benzene rings is 2. The normalized spacial score (nSPS) is 11.0. The second-order valence-corrected chi connectivity index (χ2v) is 7.39. The van der Waals surface area contributed by atoms with Crippen LogP contribution < -0.4 is 9.46 Å². The van der Waals surface area contributed by atoms with Gasteiger partial charge in [-0.05, 0) is 36.8 Å². The lowest BCUT2D eigenvalue weighted by molar-refractivity contribution is 0.0519. The predicted octanol–water partition coefficient (Wildman–Crippen LogP) is 2.97. The number of anilines is 1. The Kier molecular flexibility index (Phi) is 5.95. The molecule has 1 aromatic heterocycles. The van der Waals surface area contributed by atoms with Crippen LogP contribution in [-0.4, -0.2) is 31.2 Å². The minimum atomic E-state index is -3.93. The quantitative estimate of drug-likeness (QED) is 0.562. The molecule has 0 fully saturated rings. The van der Waals surface area contributed by atoms with Gasteiger partial charge in [0.1, 0.15) is 12.4 Å². The van der Waals surface area contributed by atoms with Gasteiger partial charge in [-0.25, -0.2) is 4.79 Å². The van der Waals surface area contributed by atoms with Gasteiger partial charge in [-0.3, -0.25) is 9.82 Å². The maximum Gasteiger partial charge on any atom is 0.358 e. The third-order valence-electron chi connectivity index (χ3n) is 3.68. The summed E-state index contributed by atoms with van der Waals surface area (Å²) in [6, 6.07) is 17.3. The number of carbonyl (C=O) groups excluding carboxylic acids is 1. The van der Waals surface area contributed by atoms with Gasteiger partial charge in [-0.15, -0.1) is 0 Å². The third kappa shape index (κ3) is 4.89. The molecule has 28 heavy (non-hydrogen) atoms. The van der Waals surface area contributed by atoms with Crippen LogP contribution >= 0.6 is 0 Å². The van der Waals surface area contributed by atoms with Crippen molar-refractivity contribution in [2.45, 2.75) is 18.6 Å². The van der Waals surface area contributed by atoms with Crippen molar-refractivity contribution in [2.24, 2.45) is 0 Å². The lowest BCUT2D eigenvalue weighted by Gasteiger charge is -2.09. The summed E-state index contributed by atoms with van der Waals surface area (Å²) in [7, 11) is -3.93. The number of ether oxygens (including phenoxy) is 2. The van der Waals surface area contributed by atoms with Gasteiger partial charge in [0.25, 0.3) is 10.0 Å². The van der Waals surface area contributed by atoms with Gasteiger partial charge in [0.05, 0.1) is 6.61 Å². The molecule has 0 atom stereocenters. The number of sulfonamides is 1. The molecule has 0 aliphatic heterocycles. The van der Waals surface area contributed by atoms with Crippen LogP contribution in [0.15, 0.2) is 65.7 Å². The van der Waals surface area contributed by atoms with E-state index in [1.54, 1.807) is 31.2 Å². The molecule has 0 aliphatic carbocycles. The van der Waals surface area contributed by atoms with Gasteiger partial charge in [0.15, 0.2) is 10.7 Å². The monoisotopic (exact) mass is 401 g/mol. The summed E-state index contributed by atoms with van der Waals surface area (Å²) in [6.45, 7) is 2.23. The van der Waals surface area contributed by atoms with E-state index in [9.17, 15) is 13.2 Å². The van der Waals surface area contributed by atoms with Crippen LogP contribution in [0.5, 0.6) is 5.75 Å². The Bertz CT molecular complexity index is 1030. The lowest BCUT2D eigenvalue weighted by atomic mass is 10.2. The first kappa shape index (κ1) is 19.4. The fraction of sp³-hybridized carbons (Fsp3) is 0.158. The van der Waals surface area contributed by atoms with Crippen molar-refractivity contribution in [3.8, 4) is 5.75 Å². The number of carbonyl (C=O) groups is 1. The minimum absolute atomic E-state index is 0.105. The van der Waals surface area contributed by atoms with Crippen molar-refractivity contribution in [1.29, 1.82) is 0 Å². The van der Waals surface area contributed by atoms with Crippen LogP contribution in [0.4, 0.5) is 5.69 Å². The lowest BCUT2D eigenvalue weighted by Crippen LogP contribution is -2.13. The SMILES string of the molecule is CCOC(=O)c1cc(S(=O)(=O)Nc2ccc(OCc3ccccc3)cc2)[nH]n1. The molecular formula is C19H19N3O5S. The maximum absolute atomic E-state index is 12.4. The third-order valence-corrected chi connectivity index (χ3v) is 4.98. The molecule has 0 radical (unpaired) electrons. The summed E-state index contributed by atoms with van der Waals surface area (Å²) >= 11 is 0.